The van der Waals surface area contributed by atoms with Crippen LogP contribution in [0.25, 0.3) is 5.69 Å². The van der Waals surface area contributed by atoms with E-state index < -0.39 is 11.6 Å². The minimum atomic E-state index is -0.921. The number of nitrogens with zero attached hydrogens (tertiary/aromatic N) is 3. The Kier molecular flexibility index (Phi) is 2.64. The summed E-state index contributed by atoms with van der Waals surface area (Å²) in [6.07, 6.45) is 1.79. The largest absolute Gasteiger partial charge is 0.241 e. The molecule has 0 aliphatic heterocycles. The molecule has 2 aromatic rings. The van der Waals surface area contributed by atoms with E-state index in [-0.39, 0.29) is 6.42 Å². The fraction of sp³-hybridized carbons (Fsp3) is 0.0909. The predicted molar refractivity (Wildman–Crippen MR) is 52.8 cm³/mol. The van der Waals surface area contributed by atoms with Crippen molar-refractivity contribution in [2.24, 2.45) is 0 Å². The van der Waals surface area contributed by atoms with Gasteiger partial charge in [-0.3, -0.25) is 0 Å². The predicted octanol–water partition coefficient (Wildman–Crippen LogP) is 2.22. The van der Waals surface area contributed by atoms with Crippen LogP contribution < -0.4 is 0 Å². The first-order valence-corrected chi connectivity index (χ1v) is 4.57. The number of rotatable bonds is 2. The molecule has 5 heteroatoms. The molecule has 80 valence electrons. The van der Waals surface area contributed by atoms with E-state index >= 15 is 0 Å². The molecule has 0 spiro atoms. The number of hydrogen-bond acceptors (Lipinski definition) is 2. The van der Waals surface area contributed by atoms with Gasteiger partial charge in [-0.05, 0) is 18.2 Å². The fourth-order valence-corrected chi connectivity index (χ4v) is 1.31. The highest BCUT2D eigenvalue weighted by Gasteiger charge is 2.05. The van der Waals surface area contributed by atoms with Gasteiger partial charge in [0.05, 0.1) is 23.9 Å². The molecule has 0 aliphatic rings. The highest BCUT2D eigenvalue weighted by atomic mass is 19.2. The summed E-state index contributed by atoms with van der Waals surface area (Å²) < 4.78 is 27.0. The average Bonchev–Trinajstić information content (AvgIpc) is 2.71. The summed E-state index contributed by atoms with van der Waals surface area (Å²) in [7, 11) is 0. The van der Waals surface area contributed by atoms with Crippen LogP contribution in [0.4, 0.5) is 8.78 Å². The van der Waals surface area contributed by atoms with Crippen molar-refractivity contribution in [2.45, 2.75) is 6.42 Å². The van der Waals surface area contributed by atoms with Gasteiger partial charge in [-0.15, -0.1) is 0 Å². The van der Waals surface area contributed by atoms with Crippen LogP contribution in [0.2, 0.25) is 0 Å². The lowest BCUT2D eigenvalue weighted by atomic mass is 10.3. The van der Waals surface area contributed by atoms with Crippen LogP contribution in [0.5, 0.6) is 0 Å². The molecule has 2 rings (SSSR count). The van der Waals surface area contributed by atoms with Crippen molar-refractivity contribution in [2.75, 3.05) is 0 Å². The lowest BCUT2D eigenvalue weighted by molar-refractivity contribution is 0.507. The Morgan fingerprint density at radius 1 is 1.25 bits per heavy atom. The van der Waals surface area contributed by atoms with Crippen molar-refractivity contribution >= 4 is 0 Å². The normalized spacial score (nSPS) is 10.1. The van der Waals surface area contributed by atoms with Crippen molar-refractivity contribution in [3.63, 3.8) is 0 Å². The summed E-state index contributed by atoms with van der Waals surface area (Å²) >= 11 is 0. The maximum Gasteiger partial charge on any atom is 0.160 e. The van der Waals surface area contributed by atoms with E-state index in [0.717, 1.165) is 12.1 Å². The SMILES string of the molecule is N#CCc1ccn(-c2ccc(F)c(F)c2)n1. The van der Waals surface area contributed by atoms with Gasteiger partial charge >= 0.3 is 0 Å². The Bertz CT molecular complexity index is 555. The van der Waals surface area contributed by atoms with Crippen LogP contribution >= 0.6 is 0 Å². The van der Waals surface area contributed by atoms with Gasteiger partial charge in [-0.25, -0.2) is 13.5 Å². The molecule has 0 unspecified atom stereocenters. The molecule has 0 radical (unpaired) electrons. The van der Waals surface area contributed by atoms with Crippen LogP contribution in [0, 0.1) is 23.0 Å². The number of aromatic nitrogens is 2. The Morgan fingerprint density at radius 2 is 2.06 bits per heavy atom. The zero-order chi connectivity index (χ0) is 11.5. The zero-order valence-corrected chi connectivity index (χ0v) is 8.19. The van der Waals surface area contributed by atoms with Gasteiger partial charge in [0.25, 0.3) is 0 Å². The Balaban J connectivity index is 2.36. The summed E-state index contributed by atoms with van der Waals surface area (Å²) in [6, 6.07) is 7.13. The van der Waals surface area contributed by atoms with Crippen molar-refractivity contribution in [3.05, 3.63) is 47.8 Å². The molecule has 0 saturated heterocycles. The van der Waals surface area contributed by atoms with Crippen LogP contribution in [0.15, 0.2) is 30.5 Å². The maximum atomic E-state index is 13.0. The second kappa shape index (κ2) is 4.11. The Morgan fingerprint density at radius 3 is 2.75 bits per heavy atom. The molecule has 0 amide bonds. The van der Waals surface area contributed by atoms with Crippen LogP contribution in [-0.4, -0.2) is 9.78 Å². The van der Waals surface area contributed by atoms with E-state index in [0.29, 0.717) is 11.4 Å². The molecule has 0 saturated carbocycles. The van der Waals surface area contributed by atoms with Gasteiger partial charge in [-0.1, -0.05) is 0 Å². The van der Waals surface area contributed by atoms with Gasteiger partial charge in [0.15, 0.2) is 11.6 Å². The van der Waals surface area contributed by atoms with Crippen LogP contribution in [-0.2, 0) is 6.42 Å². The molecule has 1 aromatic heterocycles. The van der Waals surface area contributed by atoms with Crippen molar-refractivity contribution in [3.8, 4) is 11.8 Å². The molecule has 0 aliphatic carbocycles. The number of benzene rings is 1. The lowest BCUT2D eigenvalue weighted by Gasteiger charge is -2.01. The molecular formula is C11H7F2N3. The first kappa shape index (κ1) is 10.3. The molecule has 1 heterocycles. The summed E-state index contributed by atoms with van der Waals surface area (Å²) in [5.41, 5.74) is 1.01. The minimum absolute atomic E-state index is 0.191. The summed E-state index contributed by atoms with van der Waals surface area (Å²) in [6.45, 7) is 0. The first-order valence-electron chi connectivity index (χ1n) is 4.57. The quantitative estimate of drug-likeness (QED) is 0.777. The van der Waals surface area contributed by atoms with Gasteiger partial charge in [0, 0.05) is 12.3 Å². The molecule has 3 nitrogen and oxygen atoms in total. The van der Waals surface area contributed by atoms with Crippen LogP contribution in [0.3, 0.4) is 0 Å². The smallest absolute Gasteiger partial charge is 0.160 e. The summed E-state index contributed by atoms with van der Waals surface area (Å²) in [5, 5.41) is 12.5. The number of halogens is 2. The monoisotopic (exact) mass is 219 g/mol. The summed E-state index contributed by atoms with van der Waals surface area (Å²) in [5.74, 6) is -1.82. The number of nitriles is 1. The van der Waals surface area contributed by atoms with E-state index in [2.05, 4.69) is 5.10 Å². The van der Waals surface area contributed by atoms with E-state index in [1.165, 1.54) is 10.7 Å². The van der Waals surface area contributed by atoms with Crippen molar-refractivity contribution in [1.82, 2.24) is 9.78 Å². The second-order valence-electron chi connectivity index (χ2n) is 3.18. The van der Waals surface area contributed by atoms with Gasteiger partial charge < -0.3 is 0 Å². The van der Waals surface area contributed by atoms with Crippen LogP contribution in [0.1, 0.15) is 5.69 Å². The maximum absolute atomic E-state index is 13.0. The Labute approximate surface area is 90.5 Å². The minimum Gasteiger partial charge on any atom is -0.241 e. The van der Waals surface area contributed by atoms with Gasteiger partial charge in [0.2, 0.25) is 0 Å². The third-order valence-electron chi connectivity index (χ3n) is 2.07. The highest BCUT2D eigenvalue weighted by Crippen LogP contribution is 2.12. The van der Waals surface area contributed by atoms with Crippen molar-refractivity contribution in [1.29, 1.82) is 5.26 Å². The molecule has 0 N–H and O–H groups in total. The molecule has 1 aromatic carbocycles. The van der Waals surface area contributed by atoms with Gasteiger partial charge in [0.1, 0.15) is 0 Å². The summed E-state index contributed by atoms with van der Waals surface area (Å²) in [4.78, 5) is 0. The lowest BCUT2D eigenvalue weighted by Crippen LogP contribution is -1.97. The average molecular weight is 219 g/mol. The first-order chi connectivity index (χ1) is 7.70. The third-order valence-corrected chi connectivity index (χ3v) is 2.07. The molecule has 0 bridgehead atoms. The molecular weight excluding hydrogens is 212 g/mol. The second-order valence-corrected chi connectivity index (χ2v) is 3.18. The molecule has 16 heavy (non-hydrogen) atoms. The standard InChI is InChI=1S/C11H7F2N3/c12-10-2-1-9(7-11(10)13)16-6-4-8(15-16)3-5-14/h1-2,4,6-7H,3H2. The highest BCUT2D eigenvalue weighted by molar-refractivity contribution is 5.32. The fourth-order valence-electron chi connectivity index (χ4n) is 1.31. The Hall–Kier alpha value is -2.22. The topological polar surface area (TPSA) is 41.6 Å². The zero-order valence-electron chi connectivity index (χ0n) is 8.19. The van der Waals surface area contributed by atoms with E-state index in [9.17, 15) is 8.78 Å². The van der Waals surface area contributed by atoms with E-state index in [1.54, 1.807) is 12.3 Å². The molecule has 0 fully saturated rings. The number of hydrogen-bond donors (Lipinski definition) is 0. The van der Waals surface area contributed by atoms with E-state index in [4.69, 9.17) is 5.26 Å². The van der Waals surface area contributed by atoms with Gasteiger partial charge in [-0.2, -0.15) is 10.4 Å². The van der Waals surface area contributed by atoms with E-state index in [1.807, 2.05) is 6.07 Å². The third kappa shape index (κ3) is 1.91. The van der Waals surface area contributed by atoms with Crippen molar-refractivity contribution < 1.29 is 8.78 Å². The molecule has 0 atom stereocenters.